The van der Waals surface area contributed by atoms with E-state index in [1.807, 2.05) is 24.8 Å². The largest absolute Gasteiger partial charge is 0.389 e. The molecule has 0 fully saturated rings. The molecule has 0 bridgehead atoms. The van der Waals surface area contributed by atoms with Crippen LogP contribution in [0.15, 0.2) is 23.1 Å². The van der Waals surface area contributed by atoms with Crippen LogP contribution in [0.25, 0.3) is 0 Å². The second-order valence-electron chi connectivity index (χ2n) is 3.68. The Morgan fingerprint density at radius 3 is 3.00 bits per heavy atom. The van der Waals surface area contributed by atoms with Crippen molar-refractivity contribution < 1.29 is 5.11 Å². The molecular weight excluding hydrogens is 180 g/mol. The molecule has 0 spiro atoms. The van der Waals surface area contributed by atoms with Gasteiger partial charge < -0.3 is 5.11 Å². The maximum Gasteiger partial charge on any atom is 0.0762 e. The van der Waals surface area contributed by atoms with Crippen molar-refractivity contribution in [3.63, 3.8) is 0 Å². The van der Waals surface area contributed by atoms with E-state index in [4.69, 9.17) is 0 Å². The van der Waals surface area contributed by atoms with Gasteiger partial charge in [0.25, 0.3) is 0 Å². The molecule has 0 saturated carbocycles. The van der Waals surface area contributed by atoms with Gasteiger partial charge in [-0.2, -0.15) is 0 Å². The van der Waals surface area contributed by atoms with Gasteiger partial charge in [0.05, 0.1) is 6.10 Å². The maximum atomic E-state index is 9.41. The number of thioether (sulfide) groups is 1. The van der Waals surface area contributed by atoms with E-state index in [0.29, 0.717) is 5.25 Å². The van der Waals surface area contributed by atoms with Crippen molar-refractivity contribution >= 4 is 11.8 Å². The van der Waals surface area contributed by atoms with E-state index in [2.05, 4.69) is 19.1 Å². The highest BCUT2D eigenvalue weighted by Crippen LogP contribution is 2.37. The number of fused-ring (bicyclic) bond motifs is 1. The van der Waals surface area contributed by atoms with E-state index < -0.39 is 0 Å². The highest BCUT2D eigenvalue weighted by molar-refractivity contribution is 8.00. The second kappa shape index (κ2) is 3.35. The summed E-state index contributed by atoms with van der Waals surface area (Å²) in [5.74, 6) is 0. The lowest BCUT2D eigenvalue weighted by atomic mass is 10.1. The number of hydrogen-bond donors (Lipinski definition) is 1. The molecule has 1 heterocycles. The number of rotatable bonds is 1. The van der Waals surface area contributed by atoms with Crippen LogP contribution in [0.5, 0.6) is 0 Å². The monoisotopic (exact) mass is 194 g/mol. The van der Waals surface area contributed by atoms with Crippen molar-refractivity contribution in [3.8, 4) is 0 Å². The molecule has 2 heteroatoms. The molecule has 2 unspecified atom stereocenters. The normalized spacial score (nSPS) is 22.8. The summed E-state index contributed by atoms with van der Waals surface area (Å²) in [6.45, 7) is 4.05. The zero-order chi connectivity index (χ0) is 9.42. The average Bonchev–Trinajstić information content (AvgIpc) is 2.42. The zero-order valence-corrected chi connectivity index (χ0v) is 8.77. The Morgan fingerprint density at radius 2 is 2.31 bits per heavy atom. The molecule has 1 aromatic carbocycles. The van der Waals surface area contributed by atoms with Gasteiger partial charge >= 0.3 is 0 Å². The summed E-state index contributed by atoms with van der Waals surface area (Å²) in [7, 11) is 0. The Hall–Kier alpha value is -0.470. The summed E-state index contributed by atoms with van der Waals surface area (Å²) in [5.41, 5.74) is 2.46. The minimum atomic E-state index is -0.346. The molecule has 2 atom stereocenters. The van der Waals surface area contributed by atoms with Crippen LogP contribution in [0.1, 0.15) is 31.1 Å². The number of benzene rings is 1. The first-order valence-corrected chi connectivity index (χ1v) is 5.52. The smallest absolute Gasteiger partial charge is 0.0762 e. The predicted octanol–water partition coefficient (Wildman–Crippen LogP) is 2.78. The molecule has 70 valence electrons. The number of aliphatic hydroxyl groups excluding tert-OH is 1. The first-order chi connectivity index (χ1) is 6.16. The Morgan fingerprint density at radius 1 is 1.54 bits per heavy atom. The Kier molecular flexibility index (Phi) is 2.35. The topological polar surface area (TPSA) is 20.2 Å². The van der Waals surface area contributed by atoms with Crippen LogP contribution in [0, 0.1) is 0 Å². The first kappa shape index (κ1) is 9.10. The van der Waals surface area contributed by atoms with Crippen LogP contribution in [0.3, 0.4) is 0 Å². The average molecular weight is 194 g/mol. The van der Waals surface area contributed by atoms with Crippen molar-refractivity contribution in [2.24, 2.45) is 0 Å². The molecule has 0 aliphatic carbocycles. The van der Waals surface area contributed by atoms with Crippen LogP contribution in [0.2, 0.25) is 0 Å². The molecule has 0 saturated heterocycles. The molecule has 1 nitrogen and oxygen atoms in total. The van der Waals surface area contributed by atoms with Gasteiger partial charge in [-0.15, -0.1) is 11.8 Å². The van der Waals surface area contributed by atoms with Crippen molar-refractivity contribution in [1.82, 2.24) is 0 Å². The van der Waals surface area contributed by atoms with Crippen LogP contribution >= 0.6 is 11.8 Å². The fourth-order valence-electron chi connectivity index (χ4n) is 1.68. The van der Waals surface area contributed by atoms with Gasteiger partial charge in [-0.25, -0.2) is 0 Å². The van der Waals surface area contributed by atoms with Crippen molar-refractivity contribution in [2.75, 3.05) is 0 Å². The Bertz CT molecular complexity index is 320. The maximum absolute atomic E-state index is 9.41. The lowest BCUT2D eigenvalue weighted by Gasteiger charge is -2.06. The van der Waals surface area contributed by atoms with E-state index in [9.17, 15) is 5.11 Å². The molecule has 1 N–H and O–H groups in total. The Balaban J connectivity index is 2.35. The fourth-order valence-corrected chi connectivity index (χ4v) is 2.88. The summed E-state index contributed by atoms with van der Waals surface area (Å²) < 4.78 is 0. The molecule has 13 heavy (non-hydrogen) atoms. The molecule has 0 radical (unpaired) electrons. The number of hydrogen-bond acceptors (Lipinski definition) is 2. The van der Waals surface area contributed by atoms with Gasteiger partial charge in [-0.1, -0.05) is 19.1 Å². The Labute approximate surface area is 83.2 Å². The van der Waals surface area contributed by atoms with Gasteiger partial charge in [0.2, 0.25) is 0 Å². The summed E-state index contributed by atoms with van der Waals surface area (Å²) in [4.78, 5) is 1.35. The quantitative estimate of drug-likeness (QED) is 0.742. The third-order valence-electron chi connectivity index (χ3n) is 2.41. The van der Waals surface area contributed by atoms with E-state index in [1.54, 1.807) is 0 Å². The van der Waals surface area contributed by atoms with Crippen LogP contribution in [0.4, 0.5) is 0 Å². The molecular formula is C11H14OS. The molecule has 1 aliphatic heterocycles. The van der Waals surface area contributed by atoms with Crippen LogP contribution in [-0.2, 0) is 6.42 Å². The highest BCUT2D eigenvalue weighted by Gasteiger charge is 2.18. The summed E-state index contributed by atoms with van der Waals surface area (Å²) in [6.07, 6.45) is 0.821. The molecule has 1 aromatic rings. The van der Waals surface area contributed by atoms with E-state index in [0.717, 1.165) is 5.56 Å². The predicted molar refractivity (Wildman–Crippen MR) is 56.1 cm³/mol. The molecule has 0 amide bonds. The van der Waals surface area contributed by atoms with E-state index in [1.165, 1.54) is 16.9 Å². The minimum absolute atomic E-state index is 0.346. The molecule has 0 aromatic heterocycles. The third kappa shape index (κ3) is 1.74. The van der Waals surface area contributed by atoms with Crippen molar-refractivity contribution in [3.05, 3.63) is 29.3 Å². The van der Waals surface area contributed by atoms with Crippen molar-refractivity contribution in [2.45, 2.75) is 36.5 Å². The summed E-state index contributed by atoms with van der Waals surface area (Å²) in [5, 5.41) is 10.1. The zero-order valence-electron chi connectivity index (χ0n) is 7.95. The third-order valence-corrected chi connectivity index (χ3v) is 3.61. The lowest BCUT2D eigenvalue weighted by molar-refractivity contribution is 0.199. The van der Waals surface area contributed by atoms with Gasteiger partial charge in [0, 0.05) is 10.1 Å². The van der Waals surface area contributed by atoms with Gasteiger partial charge in [0.1, 0.15) is 0 Å². The highest BCUT2D eigenvalue weighted by atomic mass is 32.2. The van der Waals surface area contributed by atoms with Crippen LogP contribution < -0.4 is 0 Å². The van der Waals surface area contributed by atoms with Gasteiger partial charge in [-0.3, -0.25) is 0 Å². The standard InChI is InChI=1S/C11H14OS/c1-7-5-10-4-3-9(8(2)12)6-11(10)13-7/h3-4,6-8,12H,5H2,1-2H3. The van der Waals surface area contributed by atoms with Gasteiger partial charge in [-0.05, 0) is 30.5 Å². The van der Waals surface area contributed by atoms with Crippen LogP contribution in [-0.4, -0.2) is 10.4 Å². The summed E-state index contributed by atoms with van der Waals surface area (Å²) in [6, 6.07) is 6.30. The number of aliphatic hydroxyl groups is 1. The van der Waals surface area contributed by atoms with E-state index in [-0.39, 0.29) is 6.10 Å². The molecule has 1 aliphatic rings. The summed E-state index contributed by atoms with van der Waals surface area (Å²) >= 11 is 1.91. The lowest BCUT2D eigenvalue weighted by Crippen LogP contribution is -1.92. The molecule has 2 rings (SSSR count). The first-order valence-electron chi connectivity index (χ1n) is 4.64. The van der Waals surface area contributed by atoms with Crippen molar-refractivity contribution in [1.29, 1.82) is 0 Å². The van der Waals surface area contributed by atoms with E-state index >= 15 is 0 Å². The minimum Gasteiger partial charge on any atom is -0.389 e. The SMILES string of the molecule is CC1Cc2ccc(C(C)O)cc2S1. The fraction of sp³-hybridized carbons (Fsp3) is 0.455. The second-order valence-corrected chi connectivity index (χ2v) is 5.16. The van der Waals surface area contributed by atoms with Gasteiger partial charge in [0.15, 0.2) is 0 Å².